The zero-order valence-electron chi connectivity index (χ0n) is 48.6. The van der Waals surface area contributed by atoms with Crippen LogP contribution in [0.3, 0.4) is 0 Å². The molecule has 0 heterocycles. The standard InChI is InChI=1S/C68H116O6/c1-4-7-10-13-16-19-22-25-27-29-31-32-33-34-35-37-38-40-43-46-49-52-55-58-61-67(70)73-64-65(63-72-66(69)60-57-54-51-48-45-42-24-21-18-15-12-9-6-3)74-68(71)62-59-56-53-50-47-44-41-39-36-30-28-26-23-20-17-14-11-8-5-2/h8-9,11-12,17-18,20-21,26,28,36,39,42,45,51,54,65H,4-7,10,13-16,19,22-25,27,29-35,37-38,40-41,43-44,46-50,52-53,55-64H2,1-3H3/b11-8-,12-9-,20-17-,21-18-,28-26-,39-36-,45-42-,54-51-. The highest BCUT2D eigenvalue weighted by Crippen LogP contribution is 2.17. The lowest BCUT2D eigenvalue weighted by Crippen LogP contribution is -2.30. The van der Waals surface area contributed by atoms with Crippen LogP contribution in [0.25, 0.3) is 0 Å². The fourth-order valence-electron chi connectivity index (χ4n) is 8.74. The molecule has 0 radical (unpaired) electrons. The fraction of sp³-hybridized carbons (Fsp3) is 0.721. The molecule has 0 amide bonds. The monoisotopic (exact) mass is 1030 g/mol. The van der Waals surface area contributed by atoms with Crippen molar-refractivity contribution >= 4 is 17.9 Å². The van der Waals surface area contributed by atoms with E-state index in [4.69, 9.17) is 14.2 Å². The summed E-state index contributed by atoms with van der Waals surface area (Å²) in [4.78, 5) is 38.2. The first-order valence-corrected chi connectivity index (χ1v) is 31.2. The van der Waals surface area contributed by atoms with E-state index in [1.807, 2.05) is 6.08 Å². The third kappa shape index (κ3) is 59.2. The fourth-order valence-corrected chi connectivity index (χ4v) is 8.74. The number of hydrogen-bond acceptors (Lipinski definition) is 6. The van der Waals surface area contributed by atoms with Gasteiger partial charge in [0.1, 0.15) is 13.2 Å². The molecule has 424 valence electrons. The number of allylic oxidation sites excluding steroid dienone is 16. The Morgan fingerprint density at radius 3 is 0.905 bits per heavy atom. The van der Waals surface area contributed by atoms with Crippen LogP contribution in [-0.2, 0) is 28.6 Å². The van der Waals surface area contributed by atoms with Gasteiger partial charge in [-0.2, -0.15) is 0 Å². The number of ether oxygens (including phenoxy) is 3. The summed E-state index contributed by atoms with van der Waals surface area (Å²) in [5, 5.41) is 0. The van der Waals surface area contributed by atoms with E-state index in [0.717, 1.165) is 103 Å². The maximum absolute atomic E-state index is 12.9. The van der Waals surface area contributed by atoms with Crippen molar-refractivity contribution in [3.8, 4) is 0 Å². The molecule has 0 aliphatic rings. The molecule has 6 nitrogen and oxygen atoms in total. The van der Waals surface area contributed by atoms with Gasteiger partial charge in [-0.05, 0) is 83.5 Å². The number of hydrogen-bond donors (Lipinski definition) is 0. The van der Waals surface area contributed by atoms with Gasteiger partial charge in [0.05, 0.1) is 0 Å². The molecule has 0 aromatic heterocycles. The van der Waals surface area contributed by atoms with Gasteiger partial charge in [-0.1, -0.05) is 291 Å². The summed E-state index contributed by atoms with van der Waals surface area (Å²) in [5.74, 6) is -0.995. The SMILES string of the molecule is CC/C=C\C/C=C\C/C=C\C/C=C\CCCCCCCCC(=O)OC(COC(=O)CC/C=C\C/C=C\C/C=C\C/C=C\CC)COC(=O)CCCCCCCCCCCCCCCCCCCCCCCCCC. The Morgan fingerprint density at radius 1 is 0.284 bits per heavy atom. The van der Waals surface area contributed by atoms with Crippen LogP contribution in [0.1, 0.15) is 297 Å². The van der Waals surface area contributed by atoms with Crippen LogP contribution < -0.4 is 0 Å². The van der Waals surface area contributed by atoms with Crippen molar-refractivity contribution in [1.82, 2.24) is 0 Å². The van der Waals surface area contributed by atoms with Gasteiger partial charge >= 0.3 is 17.9 Å². The topological polar surface area (TPSA) is 78.9 Å². The largest absolute Gasteiger partial charge is 0.462 e. The van der Waals surface area contributed by atoms with Crippen molar-refractivity contribution in [3.05, 3.63) is 97.2 Å². The van der Waals surface area contributed by atoms with E-state index in [9.17, 15) is 14.4 Å². The van der Waals surface area contributed by atoms with E-state index >= 15 is 0 Å². The van der Waals surface area contributed by atoms with Crippen molar-refractivity contribution in [2.24, 2.45) is 0 Å². The Morgan fingerprint density at radius 2 is 0.554 bits per heavy atom. The quantitative estimate of drug-likeness (QED) is 0.0261. The molecule has 0 aromatic rings. The molecule has 0 aliphatic carbocycles. The van der Waals surface area contributed by atoms with Crippen molar-refractivity contribution in [2.45, 2.75) is 303 Å². The van der Waals surface area contributed by atoms with Crippen molar-refractivity contribution in [2.75, 3.05) is 13.2 Å². The molecule has 0 aromatic carbocycles. The maximum Gasteiger partial charge on any atom is 0.306 e. The lowest BCUT2D eigenvalue weighted by atomic mass is 10.0. The van der Waals surface area contributed by atoms with Crippen LogP contribution in [0, 0.1) is 0 Å². The molecule has 0 rings (SSSR count). The van der Waals surface area contributed by atoms with Gasteiger partial charge in [0.2, 0.25) is 0 Å². The average Bonchev–Trinajstić information content (AvgIpc) is 3.40. The molecule has 1 atom stereocenters. The van der Waals surface area contributed by atoms with Crippen LogP contribution >= 0.6 is 0 Å². The third-order valence-corrected chi connectivity index (χ3v) is 13.3. The van der Waals surface area contributed by atoms with Crippen LogP contribution in [0.2, 0.25) is 0 Å². The number of rotatable bonds is 56. The average molecular weight is 1030 g/mol. The minimum Gasteiger partial charge on any atom is -0.462 e. The highest BCUT2D eigenvalue weighted by atomic mass is 16.6. The van der Waals surface area contributed by atoms with Crippen molar-refractivity contribution in [3.63, 3.8) is 0 Å². The van der Waals surface area contributed by atoms with E-state index in [1.54, 1.807) is 0 Å². The predicted molar refractivity (Wildman–Crippen MR) is 320 cm³/mol. The molecule has 0 saturated carbocycles. The van der Waals surface area contributed by atoms with Gasteiger partial charge in [0, 0.05) is 19.3 Å². The summed E-state index contributed by atoms with van der Waals surface area (Å²) in [6.07, 6.45) is 82.9. The molecule has 74 heavy (non-hydrogen) atoms. The minimum absolute atomic E-state index is 0.104. The summed E-state index contributed by atoms with van der Waals surface area (Å²) in [6.45, 7) is 6.36. The lowest BCUT2D eigenvalue weighted by Gasteiger charge is -2.18. The second-order valence-corrected chi connectivity index (χ2v) is 20.6. The first kappa shape index (κ1) is 70.3. The third-order valence-electron chi connectivity index (χ3n) is 13.3. The molecule has 0 saturated heterocycles. The summed E-state index contributed by atoms with van der Waals surface area (Å²) >= 11 is 0. The lowest BCUT2D eigenvalue weighted by molar-refractivity contribution is -0.166. The van der Waals surface area contributed by atoms with E-state index in [1.165, 1.54) is 148 Å². The van der Waals surface area contributed by atoms with Crippen LogP contribution in [0.4, 0.5) is 0 Å². The number of carbonyl (C=O) groups excluding carboxylic acids is 3. The minimum atomic E-state index is -0.814. The van der Waals surface area contributed by atoms with Gasteiger partial charge in [-0.25, -0.2) is 0 Å². The number of carbonyl (C=O) groups is 3. The molecule has 0 aliphatic heterocycles. The highest BCUT2D eigenvalue weighted by Gasteiger charge is 2.19. The van der Waals surface area contributed by atoms with Crippen molar-refractivity contribution in [1.29, 1.82) is 0 Å². The summed E-state index contributed by atoms with van der Waals surface area (Å²) < 4.78 is 16.8. The first-order valence-electron chi connectivity index (χ1n) is 31.2. The molecule has 6 heteroatoms. The Balaban J connectivity index is 4.35. The van der Waals surface area contributed by atoms with Crippen LogP contribution in [0.15, 0.2) is 97.2 Å². The van der Waals surface area contributed by atoms with E-state index in [-0.39, 0.29) is 37.5 Å². The zero-order chi connectivity index (χ0) is 53.6. The number of unbranched alkanes of at least 4 members (excludes halogenated alkanes) is 29. The first-order chi connectivity index (χ1) is 36.5. The highest BCUT2D eigenvalue weighted by molar-refractivity contribution is 5.71. The Kier molecular flexibility index (Phi) is 58.8. The summed E-state index contributed by atoms with van der Waals surface area (Å²) in [6, 6.07) is 0. The molecule has 1 unspecified atom stereocenters. The maximum atomic E-state index is 12.9. The normalized spacial score (nSPS) is 12.7. The molecule has 0 bridgehead atoms. The van der Waals surface area contributed by atoms with Gasteiger partial charge in [-0.15, -0.1) is 0 Å². The summed E-state index contributed by atoms with van der Waals surface area (Å²) in [5.41, 5.74) is 0. The Bertz CT molecular complexity index is 1460. The van der Waals surface area contributed by atoms with E-state index in [0.29, 0.717) is 19.3 Å². The summed E-state index contributed by atoms with van der Waals surface area (Å²) in [7, 11) is 0. The van der Waals surface area contributed by atoms with Gasteiger partial charge in [-0.3, -0.25) is 14.4 Å². The number of esters is 3. The predicted octanol–water partition coefficient (Wildman–Crippen LogP) is 21.3. The van der Waals surface area contributed by atoms with Gasteiger partial charge < -0.3 is 14.2 Å². The Labute approximate surface area is 457 Å². The Hall–Kier alpha value is -3.67. The molecule has 0 spiro atoms. The molecule has 0 N–H and O–H groups in total. The second-order valence-electron chi connectivity index (χ2n) is 20.6. The van der Waals surface area contributed by atoms with E-state index < -0.39 is 6.10 Å². The van der Waals surface area contributed by atoms with Gasteiger partial charge in [0.15, 0.2) is 6.10 Å². The second kappa shape index (κ2) is 61.9. The van der Waals surface area contributed by atoms with Gasteiger partial charge in [0.25, 0.3) is 0 Å². The van der Waals surface area contributed by atoms with Crippen LogP contribution in [-0.4, -0.2) is 37.2 Å². The van der Waals surface area contributed by atoms with E-state index in [2.05, 4.69) is 112 Å². The molecular formula is C68H116O6. The molecule has 0 fully saturated rings. The zero-order valence-corrected chi connectivity index (χ0v) is 48.6. The van der Waals surface area contributed by atoms with Crippen LogP contribution in [0.5, 0.6) is 0 Å². The van der Waals surface area contributed by atoms with Crippen molar-refractivity contribution < 1.29 is 28.6 Å². The smallest absolute Gasteiger partial charge is 0.306 e. The molecular weight excluding hydrogens is 913 g/mol.